The lowest BCUT2D eigenvalue weighted by Gasteiger charge is -2.30. The number of piperidine rings is 1. The van der Waals surface area contributed by atoms with E-state index in [2.05, 4.69) is 27.2 Å². The molecule has 4 rings (SSSR count). The van der Waals surface area contributed by atoms with Crippen LogP contribution in [-0.4, -0.2) is 33.6 Å². The summed E-state index contributed by atoms with van der Waals surface area (Å²) >= 11 is 1.41. The van der Waals surface area contributed by atoms with Gasteiger partial charge in [0.1, 0.15) is 5.82 Å². The number of aryl methyl sites for hydroxylation is 1. The van der Waals surface area contributed by atoms with Gasteiger partial charge in [0.15, 0.2) is 0 Å². The summed E-state index contributed by atoms with van der Waals surface area (Å²) in [7, 11) is 0. The topological polar surface area (TPSA) is 79.6 Å². The zero-order valence-electron chi connectivity index (χ0n) is 16.8. The zero-order chi connectivity index (χ0) is 21.1. The Kier molecular flexibility index (Phi) is 6.08. The molecule has 0 unspecified atom stereocenters. The highest BCUT2D eigenvalue weighted by molar-refractivity contribution is 7.20. The summed E-state index contributed by atoms with van der Waals surface area (Å²) in [6.07, 6.45) is 3.14. The molecule has 1 amide bonds. The molecule has 158 valence electrons. The molecule has 1 fully saturated rings. The molecule has 0 radical (unpaired) electrons. The van der Waals surface area contributed by atoms with Crippen LogP contribution >= 0.6 is 11.3 Å². The highest BCUT2D eigenvalue weighted by atomic mass is 32.1. The van der Waals surface area contributed by atoms with Gasteiger partial charge in [-0.2, -0.15) is 4.52 Å². The molecule has 3 heterocycles. The van der Waals surface area contributed by atoms with Crippen LogP contribution in [-0.2, 0) is 17.8 Å². The van der Waals surface area contributed by atoms with E-state index < -0.39 is 0 Å². The quantitative estimate of drug-likeness (QED) is 0.652. The average Bonchev–Trinajstić information content (AvgIpc) is 3.18. The summed E-state index contributed by atoms with van der Waals surface area (Å²) in [4.78, 5) is 32.1. The third kappa shape index (κ3) is 4.51. The Morgan fingerprint density at radius 3 is 2.70 bits per heavy atom. The summed E-state index contributed by atoms with van der Waals surface area (Å²) in [5.74, 6) is -0.329. The molecule has 1 N–H and O–H groups in total. The van der Waals surface area contributed by atoms with E-state index in [1.165, 1.54) is 28.0 Å². The highest BCUT2D eigenvalue weighted by Crippen LogP contribution is 2.27. The number of fused-ring (bicyclic) bond motifs is 1. The molecule has 1 saturated heterocycles. The van der Waals surface area contributed by atoms with Crippen LogP contribution in [0.15, 0.2) is 35.1 Å². The van der Waals surface area contributed by atoms with Crippen molar-refractivity contribution in [2.75, 3.05) is 18.0 Å². The van der Waals surface area contributed by atoms with Crippen molar-refractivity contribution in [2.24, 2.45) is 5.92 Å². The number of nitrogens with one attached hydrogen (secondary N) is 1. The van der Waals surface area contributed by atoms with E-state index in [1.807, 2.05) is 0 Å². The Morgan fingerprint density at radius 2 is 2.00 bits per heavy atom. The largest absolute Gasteiger partial charge is 0.352 e. The van der Waals surface area contributed by atoms with Crippen molar-refractivity contribution in [3.05, 3.63) is 57.8 Å². The standard InChI is InChI=1S/C21H24FN5O2S/c1-2-3-17-12-18(28)27-20(24-17)30-21(25-27)26-10-8-15(9-11-26)19(29)23-13-14-4-6-16(22)7-5-14/h4-7,12,15H,2-3,8-11,13H2,1H3,(H,23,29). The van der Waals surface area contributed by atoms with Crippen molar-refractivity contribution < 1.29 is 9.18 Å². The molecule has 9 heteroatoms. The summed E-state index contributed by atoms with van der Waals surface area (Å²) in [6.45, 7) is 3.85. The number of halogens is 1. The number of hydrogen-bond acceptors (Lipinski definition) is 6. The number of carbonyl (C=O) groups excluding carboxylic acids is 1. The first kappa shape index (κ1) is 20.5. The van der Waals surface area contributed by atoms with Crippen molar-refractivity contribution in [1.29, 1.82) is 0 Å². The number of hydrogen-bond donors (Lipinski definition) is 1. The second-order valence-electron chi connectivity index (χ2n) is 7.52. The molecule has 0 saturated carbocycles. The fourth-order valence-corrected chi connectivity index (χ4v) is 4.60. The Hall–Kier alpha value is -2.81. The van der Waals surface area contributed by atoms with Gasteiger partial charge in [-0.15, -0.1) is 5.10 Å². The fraction of sp³-hybridized carbons (Fsp3) is 0.429. The van der Waals surface area contributed by atoms with Crippen LogP contribution in [0.1, 0.15) is 37.4 Å². The van der Waals surface area contributed by atoms with Crippen LogP contribution in [0.3, 0.4) is 0 Å². The van der Waals surface area contributed by atoms with E-state index in [0.29, 0.717) is 37.4 Å². The molecule has 0 aliphatic carbocycles. The van der Waals surface area contributed by atoms with E-state index in [9.17, 15) is 14.0 Å². The molecule has 1 aromatic carbocycles. The van der Waals surface area contributed by atoms with Gasteiger partial charge in [0, 0.05) is 37.3 Å². The molecule has 1 aliphatic rings. The molecule has 0 bridgehead atoms. The normalized spacial score (nSPS) is 14.9. The van der Waals surface area contributed by atoms with Gasteiger partial charge in [0.2, 0.25) is 16.0 Å². The number of carbonyl (C=O) groups is 1. The van der Waals surface area contributed by atoms with E-state index in [4.69, 9.17) is 0 Å². The summed E-state index contributed by atoms with van der Waals surface area (Å²) < 4.78 is 14.3. The first-order valence-electron chi connectivity index (χ1n) is 10.2. The van der Waals surface area contributed by atoms with Crippen molar-refractivity contribution >= 4 is 27.3 Å². The van der Waals surface area contributed by atoms with E-state index in [1.54, 1.807) is 18.2 Å². The molecule has 3 aromatic rings. The third-order valence-corrected chi connectivity index (χ3v) is 6.28. The summed E-state index contributed by atoms with van der Waals surface area (Å²) in [6, 6.07) is 7.69. The van der Waals surface area contributed by atoms with Crippen LogP contribution in [0.25, 0.3) is 4.96 Å². The molecule has 7 nitrogen and oxygen atoms in total. The number of rotatable bonds is 6. The van der Waals surface area contributed by atoms with E-state index in [-0.39, 0.29) is 23.2 Å². The van der Waals surface area contributed by atoms with Gasteiger partial charge in [-0.1, -0.05) is 36.8 Å². The van der Waals surface area contributed by atoms with E-state index in [0.717, 1.165) is 29.2 Å². The lowest BCUT2D eigenvalue weighted by atomic mass is 9.96. The van der Waals surface area contributed by atoms with Crippen LogP contribution in [0, 0.1) is 11.7 Å². The maximum atomic E-state index is 13.0. The van der Waals surface area contributed by atoms with Gasteiger partial charge in [-0.25, -0.2) is 9.37 Å². The molecule has 0 spiro atoms. The Bertz CT molecular complexity index is 1090. The van der Waals surface area contributed by atoms with Gasteiger partial charge in [-0.3, -0.25) is 9.59 Å². The molecule has 0 atom stereocenters. The zero-order valence-corrected chi connectivity index (χ0v) is 17.6. The predicted molar refractivity (Wildman–Crippen MR) is 114 cm³/mol. The van der Waals surface area contributed by atoms with Gasteiger partial charge < -0.3 is 10.2 Å². The second-order valence-corrected chi connectivity index (χ2v) is 8.45. The fourth-order valence-electron chi connectivity index (χ4n) is 3.63. The smallest absolute Gasteiger partial charge is 0.275 e. The lowest BCUT2D eigenvalue weighted by molar-refractivity contribution is -0.125. The molecular weight excluding hydrogens is 405 g/mol. The highest BCUT2D eigenvalue weighted by Gasteiger charge is 2.26. The Balaban J connectivity index is 1.35. The number of anilines is 1. The number of amides is 1. The number of nitrogens with zero attached hydrogens (tertiary/aromatic N) is 4. The average molecular weight is 430 g/mol. The van der Waals surface area contributed by atoms with Crippen LogP contribution < -0.4 is 15.8 Å². The van der Waals surface area contributed by atoms with E-state index >= 15 is 0 Å². The first-order valence-corrected chi connectivity index (χ1v) is 11.0. The Labute approximate surface area is 177 Å². The minimum absolute atomic E-state index is 0.0189. The van der Waals surface area contributed by atoms with Gasteiger partial charge >= 0.3 is 0 Å². The minimum atomic E-state index is -0.286. The van der Waals surface area contributed by atoms with Crippen LogP contribution in [0.2, 0.25) is 0 Å². The maximum Gasteiger partial charge on any atom is 0.275 e. The van der Waals surface area contributed by atoms with Gasteiger partial charge in [0.25, 0.3) is 5.56 Å². The lowest BCUT2D eigenvalue weighted by Crippen LogP contribution is -2.40. The van der Waals surface area contributed by atoms with Crippen molar-refractivity contribution in [3.63, 3.8) is 0 Å². The van der Waals surface area contributed by atoms with Gasteiger partial charge in [0.05, 0.1) is 0 Å². The van der Waals surface area contributed by atoms with Crippen molar-refractivity contribution in [2.45, 2.75) is 39.2 Å². The monoisotopic (exact) mass is 429 g/mol. The van der Waals surface area contributed by atoms with Crippen molar-refractivity contribution in [1.82, 2.24) is 19.9 Å². The first-order chi connectivity index (χ1) is 14.5. The maximum absolute atomic E-state index is 13.0. The molecule has 1 aliphatic heterocycles. The van der Waals surface area contributed by atoms with Crippen LogP contribution in [0.4, 0.5) is 9.52 Å². The molecular formula is C21H24FN5O2S. The Morgan fingerprint density at radius 1 is 1.27 bits per heavy atom. The summed E-state index contributed by atoms with van der Waals surface area (Å²) in [5.41, 5.74) is 1.52. The summed E-state index contributed by atoms with van der Waals surface area (Å²) in [5, 5.41) is 8.15. The SMILES string of the molecule is CCCc1cc(=O)n2nc(N3CCC(C(=O)NCc4ccc(F)cc4)CC3)sc2n1. The predicted octanol–water partition coefficient (Wildman–Crippen LogP) is 2.78. The number of benzene rings is 1. The second kappa shape index (κ2) is 8.91. The van der Waals surface area contributed by atoms with Gasteiger partial charge in [-0.05, 0) is 37.0 Å². The van der Waals surface area contributed by atoms with Crippen LogP contribution in [0.5, 0.6) is 0 Å². The molecule has 2 aromatic heterocycles. The third-order valence-electron chi connectivity index (χ3n) is 5.31. The minimum Gasteiger partial charge on any atom is -0.352 e. The molecule has 30 heavy (non-hydrogen) atoms. The number of aromatic nitrogens is 3. The van der Waals surface area contributed by atoms with Crippen molar-refractivity contribution in [3.8, 4) is 0 Å².